The Morgan fingerprint density at radius 1 is 1.08 bits per heavy atom. The first-order chi connectivity index (χ1) is 17.4. The minimum absolute atomic E-state index is 0.246. The molecule has 2 heterocycles. The van der Waals surface area contributed by atoms with Crippen LogP contribution >= 0.6 is 11.6 Å². The highest BCUT2D eigenvalue weighted by atomic mass is 35.5. The molecule has 4 aromatic rings. The Kier molecular flexibility index (Phi) is 7.55. The van der Waals surface area contributed by atoms with E-state index in [-0.39, 0.29) is 12.4 Å². The number of nitrogens with one attached hydrogen (secondary N) is 2. The summed E-state index contributed by atoms with van der Waals surface area (Å²) in [5.41, 5.74) is 2.79. The first-order valence-corrected chi connectivity index (χ1v) is 11.3. The number of ketones is 1. The molecule has 0 saturated carbocycles. The molecule has 2 N–H and O–H groups in total. The topological polar surface area (TPSA) is 112 Å². The van der Waals surface area contributed by atoms with Crippen LogP contribution in [-0.2, 0) is 0 Å². The third-order valence-electron chi connectivity index (χ3n) is 5.25. The predicted octanol–water partition coefficient (Wildman–Crippen LogP) is 4.69. The Balaban J connectivity index is 1.48. The standard InChI is InChI=1S/C25H25ClN6O4/c1-15-12-32(14-29-15)20-8-5-16(9-22(20)35-4)30-25-28-11-23(24(27-2)31-25)36-13-21(33)18-10-17(34-3)6-7-19(18)26/h5-12,14H,13H2,1-4H3,(H2,27,28,30,31). The quantitative estimate of drug-likeness (QED) is 0.294. The molecule has 2 aromatic heterocycles. The van der Waals surface area contributed by atoms with Crippen molar-refractivity contribution in [2.24, 2.45) is 0 Å². The number of aryl methyl sites for hydroxylation is 1. The van der Waals surface area contributed by atoms with E-state index in [1.807, 2.05) is 35.9 Å². The number of hydrogen-bond acceptors (Lipinski definition) is 9. The van der Waals surface area contributed by atoms with Crippen LogP contribution in [-0.4, -0.2) is 53.2 Å². The fourth-order valence-electron chi connectivity index (χ4n) is 3.43. The van der Waals surface area contributed by atoms with Gasteiger partial charge in [-0.2, -0.15) is 4.98 Å². The van der Waals surface area contributed by atoms with Gasteiger partial charge in [-0.05, 0) is 37.3 Å². The van der Waals surface area contributed by atoms with Crippen molar-refractivity contribution in [3.8, 4) is 22.9 Å². The summed E-state index contributed by atoms with van der Waals surface area (Å²) in [6.45, 7) is 1.68. The maximum absolute atomic E-state index is 12.7. The lowest BCUT2D eigenvalue weighted by Crippen LogP contribution is -2.14. The number of rotatable bonds is 10. The molecule has 0 aliphatic carbocycles. The van der Waals surface area contributed by atoms with Gasteiger partial charge in [0, 0.05) is 30.6 Å². The van der Waals surface area contributed by atoms with Crippen molar-refractivity contribution in [1.29, 1.82) is 0 Å². The van der Waals surface area contributed by atoms with Crippen LogP contribution in [0, 0.1) is 6.92 Å². The fraction of sp³-hybridized carbons (Fsp3) is 0.200. The smallest absolute Gasteiger partial charge is 0.229 e. The number of anilines is 3. The number of ether oxygens (including phenoxy) is 3. The van der Waals surface area contributed by atoms with Crippen LogP contribution in [0.2, 0.25) is 5.02 Å². The van der Waals surface area contributed by atoms with Crippen molar-refractivity contribution in [1.82, 2.24) is 19.5 Å². The third kappa shape index (κ3) is 5.49. The number of imidazole rings is 1. The molecular formula is C25H25ClN6O4. The molecule has 10 nitrogen and oxygen atoms in total. The number of hydrogen-bond donors (Lipinski definition) is 2. The number of Topliss-reactive ketones (excluding diaryl/α,β-unsaturated/α-hetero) is 1. The van der Waals surface area contributed by atoms with Gasteiger partial charge in [-0.25, -0.2) is 9.97 Å². The molecule has 186 valence electrons. The van der Waals surface area contributed by atoms with Gasteiger partial charge in [-0.1, -0.05) is 11.6 Å². The summed E-state index contributed by atoms with van der Waals surface area (Å²) >= 11 is 6.16. The van der Waals surface area contributed by atoms with Gasteiger partial charge in [-0.15, -0.1) is 0 Å². The van der Waals surface area contributed by atoms with Gasteiger partial charge in [0.1, 0.15) is 11.5 Å². The number of aromatic nitrogens is 4. The molecule has 0 spiro atoms. The zero-order valence-electron chi connectivity index (χ0n) is 20.2. The highest BCUT2D eigenvalue weighted by Crippen LogP contribution is 2.29. The summed E-state index contributed by atoms with van der Waals surface area (Å²) in [6, 6.07) is 10.5. The van der Waals surface area contributed by atoms with Crippen molar-refractivity contribution >= 4 is 34.8 Å². The molecular weight excluding hydrogens is 484 g/mol. The van der Waals surface area contributed by atoms with E-state index in [0.717, 1.165) is 17.1 Å². The molecule has 0 aliphatic rings. The Morgan fingerprint density at radius 2 is 1.92 bits per heavy atom. The maximum Gasteiger partial charge on any atom is 0.229 e. The molecule has 2 aromatic carbocycles. The maximum atomic E-state index is 12.7. The van der Waals surface area contributed by atoms with E-state index in [1.54, 1.807) is 38.7 Å². The lowest BCUT2D eigenvalue weighted by atomic mass is 10.1. The fourth-order valence-corrected chi connectivity index (χ4v) is 3.66. The summed E-state index contributed by atoms with van der Waals surface area (Å²) in [5.74, 6) is 1.95. The molecule has 11 heteroatoms. The highest BCUT2D eigenvalue weighted by Gasteiger charge is 2.15. The van der Waals surface area contributed by atoms with Crippen LogP contribution in [0.25, 0.3) is 5.69 Å². The molecule has 0 amide bonds. The van der Waals surface area contributed by atoms with Crippen LogP contribution in [0.15, 0.2) is 55.1 Å². The average molecular weight is 509 g/mol. The van der Waals surface area contributed by atoms with E-state index in [2.05, 4.69) is 25.6 Å². The lowest BCUT2D eigenvalue weighted by molar-refractivity contribution is 0.0921. The second-order valence-corrected chi connectivity index (χ2v) is 8.06. The van der Waals surface area contributed by atoms with Crippen molar-refractivity contribution < 1.29 is 19.0 Å². The van der Waals surface area contributed by atoms with E-state index in [0.29, 0.717) is 39.6 Å². The predicted molar refractivity (Wildman–Crippen MR) is 138 cm³/mol. The van der Waals surface area contributed by atoms with Crippen LogP contribution in [0.3, 0.4) is 0 Å². The SMILES string of the molecule is CNc1nc(Nc2ccc(-n3cnc(C)c3)c(OC)c2)ncc1OCC(=O)c1cc(OC)ccc1Cl. The molecule has 4 rings (SSSR count). The van der Waals surface area contributed by atoms with E-state index >= 15 is 0 Å². The number of halogens is 1. The summed E-state index contributed by atoms with van der Waals surface area (Å²) in [5, 5.41) is 6.43. The van der Waals surface area contributed by atoms with Gasteiger partial charge in [0.2, 0.25) is 11.7 Å². The normalized spacial score (nSPS) is 10.6. The number of methoxy groups -OCH3 is 2. The lowest BCUT2D eigenvalue weighted by Gasteiger charge is -2.14. The molecule has 36 heavy (non-hydrogen) atoms. The largest absolute Gasteiger partial charge is 0.497 e. The summed E-state index contributed by atoms with van der Waals surface area (Å²) in [6.07, 6.45) is 5.13. The second kappa shape index (κ2) is 11.0. The molecule has 0 aliphatic heterocycles. The van der Waals surface area contributed by atoms with Gasteiger partial charge in [-0.3, -0.25) is 4.79 Å². The Bertz CT molecular complexity index is 1390. The van der Waals surface area contributed by atoms with Crippen LogP contribution in [0.5, 0.6) is 17.2 Å². The minimum Gasteiger partial charge on any atom is -0.497 e. The first kappa shape index (κ1) is 24.8. The monoisotopic (exact) mass is 508 g/mol. The number of benzene rings is 2. The van der Waals surface area contributed by atoms with Gasteiger partial charge in [0.15, 0.2) is 18.2 Å². The van der Waals surface area contributed by atoms with E-state index < -0.39 is 0 Å². The first-order valence-electron chi connectivity index (χ1n) is 10.9. The van der Waals surface area contributed by atoms with Crippen LogP contribution in [0.1, 0.15) is 16.1 Å². The molecule has 0 unspecified atom stereocenters. The van der Waals surface area contributed by atoms with Gasteiger partial charge in [0.25, 0.3) is 0 Å². The molecule has 0 bridgehead atoms. The van der Waals surface area contributed by atoms with Gasteiger partial charge >= 0.3 is 0 Å². The summed E-state index contributed by atoms with van der Waals surface area (Å²) in [4.78, 5) is 25.7. The number of carbonyl (C=O) groups is 1. The van der Waals surface area contributed by atoms with Crippen molar-refractivity contribution in [2.75, 3.05) is 38.5 Å². The molecule has 0 radical (unpaired) electrons. The van der Waals surface area contributed by atoms with Gasteiger partial charge in [0.05, 0.1) is 43.1 Å². The van der Waals surface area contributed by atoms with Gasteiger partial charge < -0.3 is 29.4 Å². The van der Waals surface area contributed by atoms with E-state index in [1.165, 1.54) is 13.3 Å². The van der Waals surface area contributed by atoms with E-state index in [9.17, 15) is 4.79 Å². The summed E-state index contributed by atoms with van der Waals surface area (Å²) < 4.78 is 18.3. The third-order valence-corrected chi connectivity index (χ3v) is 5.58. The van der Waals surface area contributed by atoms with E-state index in [4.69, 9.17) is 25.8 Å². The molecule has 0 atom stereocenters. The Morgan fingerprint density at radius 3 is 2.61 bits per heavy atom. The summed E-state index contributed by atoms with van der Waals surface area (Å²) in [7, 11) is 4.82. The van der Waals surface area contributed by atoms with Crippen molar-refractivity contribution in [3.63, 3.8) is 0 Å². The second-order valence-electron chi connectivity index (χ2n) is 7.65. The number of carbonyl (C=O) groups excluding carboxylic acids is 1. The highest BCUT2D eigenvalue weighted by molar-refractivity contribution is 6.34. The molecule has 0 saturated heterocycles. The van der Waals surface area contributed by atoms with Crippen LogP contribution in [0.4, 0.5) is 17.5 Å². The average Bonchev–Trinajstić information content (AvgIpc) is 3.33. The number of nitrogens with zero attached hydrogens (tertiary/aromatic N) is 4. The van der Waals surface area contributed by atoms with Crippen molar-refractivity contribution in [3.05, 3.63) is 71.4 Å². The zero-order chi connectivity index (χ0) is 25.7. The Hall–Kier alpha value is -4.31. The molecule has 0 fully saturated rings. The zero-order valence-corrected chi connectivity index (χ0v) is 21.0. The van der Waals surface area contributed by atoms with Crippen LogP contribution < -0.4 is 24.8 Å². The Labute approximate surface area is 213 Å². The minimum atomic E-state index is -0.302. The van der Waals surface area contributed by atoms with Crippen molar-refractivity contribution in [2.45, 2.75) is 6.92 Å².